The molecule has 0 bridgehead atoms. The summed E-state index contributed by atoms with van der Waals surface area (Å²) in [7, 11) is 0. The Morgan fingerprint density at radius 3 is 2.68 bits per heavy atom. The number of nitrogens with zero attached hydrogens (tertiary/aromatic N) is 3. The van der Waals surface area contributed by atoms with Crippen molar-refractivity contribution in [1.82, 2.24) is 4.98 Å². The van der Waals surface area contributed by atoms with E-state index in [9.17, 15) is 14.9 Å². The van der Waals surface area contributed by atoms with Crippen molar-refractivity contribution in [1.29, 1.82) is 0 Å². The van der Waals surface area contributed by atoms with Gasteiger partial charge < -0.3 is 15.0 Å². The lowest BCUT2D eigenvalue weighted by molar-refractivity contribution is -0.385. The molecule has 3 rings (SSSR count). The van der Waals surface area contributed by atoms with Crippen molar-refractivity contribution in [3.8, 4) is 0 Å². The van der Waals surface area contributed by atoms with Crippen LogP contribution in [0, 0.1) is 17.0 Å². The first-order chi connectivity index (χ1) is 12.1. The van der Waals surface area contributed by atoms with Crippen LogP contribution in [0.15, 0.2) is 36.5 Å². The lowest BCUT2D eigenvalue weighted by Gasteiger charge is -2.27. The zero-order chi connectivity index (χ0) is 17.8. The molecule has 1 aliphatic heterocycles. The van der Waals surface area contributed by atoms with Gasteiger partial charge in [0.15, 0.2) is 0 Å². The average molecular weight is 342 g/mol. The maximum absolute atomic E-state index is 12.4. The Morgan fingerprint density at radius 1 is 1.28 bits per heavy atom. The fraction of sp³-hybridized carbons (Fsp3) is 0.294. The van der Waals surface area contributed by atoms with Gasteiger partial charge in [0, 0.05) is 30.3 Å². The third kappa shape index (κ3) is 3.74. The summed E-state index contributed by atoms with van der Waals surface area (Å²) in [5.41, 5.74) is 1.07. The van der Waals surface area contributed by atoms with E-state index in [4.69, 9.17) is 4.74 Å². The second kappa shape index (κ2) is 7.27. The van der Waals surface area contributed by atoms with Gasteiger partial charge in [0.1, 0.15) is 5.82 Å². The number of aromatic nitrogens is 1. The molecule has 0 unspecified atom stereocenters. The molecule has 0 radical (unpaired) electrons. The van der Waals surface area contributed by atoms with E-state index < -0.39 is 10.8 Å². The number of nitrogens with one attached hydrogen (secondary N) is 1. The summed E-state index contributed by atoms with van der Waals surface area (Å²) >= 11 is 0. The van der Waals surface area contributed by atoms with Crippen LogP contribution in [-0.4, -0.2) is 42.1 Å². The molecule has 25 heavy (non-hydrogen) atoms. The fourth-order valence-corrected chi connectivity index (χ4v) is 2.71. The van der Waals surface area contributed by atoms with Crippen LogP contribution in [0.1, 0.15) is 15.9 Å². The van der Waals surface area contributed by atoms with Crippen LogP contribution in [0.3, 0.4) is 0 Å². The molecular formula is C17H18N4O4. The van der Waals surface area contributed by atoms with Crippen molar-refractivity contribution >= 4 is 23.1 Å². The Labute approximate surface area is 144 Å². The van der Waals surface area contributed by atoms with Crippen LogP contribution < -0.4 is 10.2 Å². The highest BCUT2D eigenvalue weighted by Crippen LogP contribution is 2.22. The first-order valence-corrected chi connectivity index (χ1v) is 7.90. The summed E-state index contributed by atoms with van der Waals surface area (Å²) in [4.78, 5) is 29.4. The average Bonchev–Trinajstić information content (AvgIpc) is 2.63. The van der Waals surface area contributed by atoms with Crippen LogP contribution in [-0.2, 0) is 4.74 Å². The van der Waals surface area contributed by atoms with Crippen LogP contribution in [0.25, 0.3) is 0 Å². The Kier molecular flexibility index (Phi) is 4.90. The van der Waals surface area contributed by atoms with Gasteiger partial charge in [0.05, 0.1) is 30.0 Å². The molecule has 1 fully saturated rings. The minimum absolute atomic E-state index is 0.0755. The predicted molar refractivity (Wildman–Crippen MR) is 93.1 cm³/mol. The lowest BCUT2D eigenvalue weighted by atomic mass is 10.1. The number of nitro groups is 1. The molecule has 0 spiro atoms. The number of benzene rings is 1. The van der Waals surface area contributed by atoms with Crippen molar-refractivity contribution in [3.63, 3.8) is 0 Å². The number of amides is 1. The Bertz CT molecular complexity index is 786. The van der Waals surface area contributed by atoms with Gasteiger partial charge in [0.2, 0.25) is 0 Å². The maximum Gasteiger partial charge on any atom is 0.273 e. The van der Waals surface area contributed by atoms with Crippen molar-refractivity contribution in [3.05, 3.63) is 57.8 Å². The van der Waals surface area contributed by atoms with Gasteiger partial charge in [-0.2, -0.15) is 0 Å². The summed E-state index contributed by atoms with van der Waals surface area (Å²) in [5, 5.41) is 13.7. The van der Waals surface area contributed by atoms with Gasteiger partial charge in [-0.05, 0) is 25.1 Å². The molecule has 1 aliphatic rings. The summed E-state index contributed by atoms with van der Waals surface area (Å²) in [6, 6.07) is 8.04. The lowest BCUT2D eigenvalue weighted by Crippen LogP contribution is -2.36. The van der Waals surface area contributed by atoms with Crippen LogP contribution in [0.5, 0.6) is 0 Å². The van der Waals surface area contributed by atoms with E-state index in [0.717, 1.165) is 18.9 Å². The largest absolute Gasteiger partial charge is 0.378 e. The molecule has 1 aromatic carbocycles. The van der Waals surface area contributed by atoms with Crippen molar-refractivity contribution in [2.24, 2.45) is 0 Å². The molecule has 0 aliphatic carbocycles. The fourth-order valence-electron chi connectivity index (χ4n) is 2.71. The van der Waals surface area contributed by atoms with Crippen LogP contribution >= 0.6 is 0 Å². The number of nitro benzene ring substituents is 1. The first kappa shape index (κ1) is 16.8. The number of hydrogen-bond donors (Lipinski definition) is 1. The van der Waals surface area contributed by atoms with Gasteiger partial charge >= 0.3 is 0 Å². The molecule has 8 heteroatoms. The summed E-state index contributed by atoms with van der Waals surface area (Å²) in [6.07, 6.45) is 1.58. The van der Waals surface area contributed by atoms with E-state index >= 15 is 0 Å². The minimum Gasteiger partial charge on any atom is -0.378 e. The number of pyridine rings is 1. The summed E-state index contributed by atoms with van der Waals surface area (Å²) < 4.78 is 5.31. The number of rotatable bonds is 4. The molecule has 1 saturated heterocycles. The molecule has 0 saturated carbocycles. The maximum atomic E-state index is 12.4. The standard InChI is InChI=1S/C17H18N4O4/c1-12-14(3-2-4-15(12)21(23)24)17(22)19-13-5-6-16(18-11-13)20-7-9-25-10-8-20/h2-6,11H,7-10H2,1H3,(H,19,22). The molecule has 0 atom stereocenters. The normalized spacial score (nSPS) is 14.2. The van der Waals surface area contributed by atoms with Gasteiger partial charge in [-0.1, -0.05) is 6.07 Å². The molecule has 8 nitrogen and oxygen atoms in total. The number of carbonyl (C=O) groups excluding carboxylic acids is 1. The molecular weight excluding hydrogens is 324 g/mol. The molecule has 1 amide bonds. The second-order valence-corrected chi connectivity index (χ2v) is 5.67. The Morgan fingerprint density at radius 2 is 2.04 bits per heavy atom. The third-order valence-corrected chi connectivity index (χ3v) is 4.09. The van der Waals surface area contributed by atoms with Crippen molar-refractivity contribution < 1.29 is 14.5 Å². The quantitative estimate of drug-likeness (QED) is 0.677. The molecule has 2 heterocycles. The smallest absolute Gasteiger partial charge is 0.273 e. The molecule has 1 aromatic heterocycles. The van der Waals surface area contributed by atoms with Gasteiger partial charge in [-0.25, -0.2) is 4.98 Å². The van der Waals surface area contributed by atoms with Crippen molar-refractivity contribution in [2.45, 2.75) is 6.92 Å². The van der Waals surface area contributed by atoms with Crippen molar-refractivity contribution in [2.75, 3.05) is 36.5 Å². The van der Waals surface area contributed by atoms with E-state index in [1.54, 1.807) is 25.3 Å². The summed E-state index contributed by atoms with van der Waals surface area (Å²) in [5.74, 6) is 0.426. The first-order valence-electron chi connectivity index (χ1n) is 7.90. The third-order valence-electron chi connectivity index (χ3n) is 4.09. The number of anilines is 2. The van der Waals surface area contributed by atoms with E-state index in [2.05, 4.69) is 15.2 Å². The molecule has 130 valence electrons. The SMILES string of the molecule is Cc1c(C(=O)Nc2ccc(N3CCOCC3)nc2)cccc1[N+](=O)[O-]. The zero-order valence-corrected chi connectivity index (χ0v) is 13.8. The number of carbonyl (C=O) groups is 1. The number of hydrogen-bond acceptors (Lipinski definition) is 6. The Balaban J connectivity index is 1.73. The molecule has 1 N–H and O–H groups in total. The van der Waals surface area contributed by atoms with Gasteiger partial charge in [-0.3, -0.25) is 14.9 Å². The van der Waals surface area contributed by atoms with E-state index in [0.29, 0.717) is 24.5 Å². The van der Waals surface area contributed by atoms with Gasteiger partial charge in [-0.15, -0.1) is 0 Å². The van der Waals surface area contributed by atoms with Crippen LogP contribution in [0.4, 0.5) is 17.2 Å². The second-order valence-electron chi connectivity index (χ2n) is 5.67. The van der Waals surface area contributed by atoms with E-state index in [1.165, 1.54) is 12.1 Å². The van der Waals surface area contributed by atoms with Gasteiger partial charge in [0.25, 0.3) is 11.6 Å². The minimum atomic E-state index is -0.495. The highest BCUT2D eigenvalue weighted by molar-refractivity contribution is 6.05. The van der Waals surface area contributed by atoms with Crippen LogP contribution in [0.2, 0.25) is 0 Å². The molecule has 2 aromatic rings. The predicted octanol–water partition coefficient (Wildman–Crippen LogP) is 2.39. The number of ether oxygens (including phenoxy) is 1. The Hall–Kier alpha value is -3.00. The zero-order valence-electron chi connectivity index (χ0n) is 13.8. The number of morpholine rings is 1. The monoisotopic (exact) mass is 342 g/mol. The summed E-state index contributed by atoms with van der Waals surface area (Å²) in [6.45, 7) is 4.47. The van der Waals surface area contributed by atoms with E-state index in [-0.39, 0.29) is 11.3 Å². The van der Waals surface area contributed by atoms with E-state index in [1.807, 2.05) is 6.07 Å². The topological polar surface area (TPSA) is 97.6 Å². The highest BCUT2D eigenvalue weighted by Gasteiger charge is 2.18. The highest BCUT2D eigenvalue weighted by atomic mass is 16.6.